The summed E-state index contributed by atoms with van der Waals surface area (Å²) in [4.78, 5) is 0. The van der Waals surface area contributed by atoms with Crippen LogP contribution >= 0.6 is 11.6 Å². The van der Waals surface area contributed by atoms with Gasteiger partial charge in [-0.1, -0.05) is 31.0 Å². The molecule has 1 saturated carbocycles. The van der Waals surface area contributed by atoms with Gasteiger partial charge in [0.1, 0.15) is 0 Å². The minimum Gasteiger partial charge on any atom is -0.310 e. The van der Waals surface area contributed by atoms with Crippen LogP contribution in [-0.4, -0.2) is 22.2 Å². The van der Waals surface area contributed by atoms with Crippen molar-refractivity contribution in [2.75, 3.05) is 12.4 Å². The smallest absolute Gasteiger partial charge is 0.0841 e. The molecule has 20 heavy (non-hydrogen) atoms. The van der Waals surface area contributed by atoms with Gasteiger partial charge in [-0.2, -0.15) is 5.10 Å². The van der Waals surface area contributed by atoms with Crippen LogP contribution in [0.15, 0.2) is 24.3 Å². The molecule has 0 aliphatic heterocycles. The van der Waals surface area contributed by atoms with Gasteiger partial charge >= 0.3 is 0 Å². The van der Waals surface area contributed by atoms with Crippen molar-refractivity contribution in [3.05, 3.63) is 30.0 Å². The number of rotatable bonds is 5. The fourth-order valence-electron chi connectivity index (χ4n) is 3.35. The van der Waals surface area contributed by atoms with Crippen molar-refractivity contribution in [3.8, 4) is 0 Å². The van der Waals surface area contributed by atoms with E-state index in [1.165, 1.54) is 36.6 Å². The summed E-state index contributed by atoms with van der Waals surface area (Å²) in [5.41, 5.74) is 2.63. The molecule has 1 aromatic carbocycles. The highest BCUT2D eigenvalue weighted by molar-refractivity contribution is 6.18. The summed E-state index contributed by atoms with van der Waals surface area (Å²) in [6, 6.07) is 8.39. The predicted octanol–water partition coefficient (Wildman–Crippen LogP) is 3.46. The molecule has 0 unspecified atom stereocenters. The van der Waals surface area contributed by atoms with Crippen molar-refractivity contribution in [3.63, 3.8) is 0 Å². The van der Waals surface area contributed by atoms with Crippen LogP contribution in [0.4, 0.5) is 0 Å². The van der Waals surface area contributed by atoms with Gasteiger partial charge in [0.2, 0.25) is 0 Å². The molecular formula is C16H22ClN3. The monoisotopic (exact) mass is 291 g/mol. The largest absolute Gasteiger partial charge is 0.310 e. The minimum absolute atomic E-state index is 0.312. The number of halogens is 1. The minimum atomic E-state index is 0.312. The maximum atomic E-state index is 6.19. The number of para-hydroxylation sites is 1. The van der Waals surface area contributed by atoms with Crippen molar-refractivity contribution >= 4 is 22.5 Å². The summed E-state index contributed by atoms with van der Waals surface area (Å²) in [7, 11) is 2.00. The van der Waals surface area contributed by atoms with Gasteiger partial charge in [-0.15, -0.1) is 11.6 Å². The zero-order valence-corrected chi connectivity index (χ0v) is 12.8. The average molecular weight is 292 g/mol. The number of nitrogens with one attached hydrogen (secondary N) is 1. The lowest BCUT2D eigenvalue weighted by atomic mass is 9.88. The topological polar surface area (TPSA) is 29.9 Å². The molecule has 1 aliphatic carbocycles. The fourth-order valence-corrected chi connectivity index (χ4v) is 3.71. The lowest BCUT2D eigenvalue weighted by molar-refractivity contribution is 0.319. The lowest BCUT2D eigenvalue weighted by Gasteiger charge is -2.26. The van der Waals surface area contributed by atoms with Crippen LogP contribution in [0.25, 0.3) is 10.9 Å². The van der Waals surface area contributed by atoms with Crippen LogP contribution in [0, 0.1) is 5.41 Å². The Morgan fingerprint density at radius 1 is 1.30 bits per heavy atom. The van der Waals surface area contributed by atoms with E-state index in [9.17, 15) is 0 Å². The standard InChI is InChI=1S/C16H22ClN3/c1-20-15-7-3-2-6-13(15)14(19-20)10-18-12-16(11-17)8-4-5-9-16/h2-3,6-7,18H,4-5,8-12H2,1H3. The Labute approximate surface area is 125 Å². The van der Waals surface area contributed by atoms with Gasteiger partial charge in [0, 0.05) is 31.4 Å². The molecule has 1 heterocycles. The Morgan fingerprint density at radius 2 is 2.05 bits per heavy atom. The number of hydrogen-bond donors (Lipinski definition) is 1. The second-order valence-corrected chi connectivity index (χ2v) is 6.30. The quantitative estimate of drug-likeness (QED) is 0.855. The predicted molar refractivity (Wildman–Crippen MR) is 84.0 cm³/mol. The summed E-state index contributed by atoms with van der Waals surface area (Å²) >= 11 is 6.19. The van der Waals surface area contributed by atoms with Crippen molar-refractivity contribution in [1.82, 2.24) is 15.1 Å². The first-order valence-corrected chi connectivity index (χ1v) is 7.95. The Bertz CT molecular complexity index is 584. The highest BCUT2D eigenvalue weighted by Gasteiger charge is 2.32. The first kappa shape index (κ1) is 13.9. The third kappa shape index (κ3) is 2.57. The molecule has 1 aliphatic rings. The molecule has 108 valence electrons. The van der Waals surface area contributed by atoms with E-state index in [1.54, 1.807) is 0 Å². The van der Waals surface area contributed by atoms with Gasteiger partial charge in [-0.25, -0.2) is 0 Å². The number of hydrogen-bond acceptors (Lipinski definition) is 2. The van der Waals surface area contributed by atoms with Crippen molar-refractivity contribution in [2.45, 2.75) is 32.2 Å². The van der Waals surface area contributed by atoms with Crippen LogP contribution in [0.3, 0.4) is 0 Å². The molecule has 1 aromatic heterocycles. The van der Waals surface area contributed by atoms with E-state index >= 15 is 0 Å². The average Bonchev–Trinajstić information content (AvgIpc) is 3.06. The van der Waals surface area contributed by atoms with E-state index in [0.29, 0.717) is 5.41 Å². The van der Waals surface area contributed by atoms with E-state index in [2.05, 4.69) is 34.7 Å². The molecule has 0 amide bonds. The van der Waals surface area contributed by atoms with Gasteiger partial charge in [-0.05, 0) is 24.3 Å². The number of benzene rings is 1. The number of nitrogens with zero attached hydrogens (tertiary/aromatic N) is 2. The SMILES string of the molecule is Cn1nc(CNCC2(CCl)CCCC2)c2ccccc21. The van der Waals surface area contributed by atoms with E-state index in [4.69, 9.17) is 11.6 Å². The van der Waals surface area contributed by atoms with Crippen LogP contribution < -0.4 is 5.32 Å². The number of fused-ring (bicyclic) bond motifs is 1. The molecule has 2 aromatic rings. The molecule has 3 nitrogen and oxygen atoms in total. The Morgan fingerprint density at radius 3 is 2.80 bits per heavy atom. The first-order chi connectivity index (χ1) is 9.74. The summed E-state index contributed by atoms with van der Waals surface area (Å²) in [5, 5.41) is 9.45. The van der Waals surface area contributed by atoms with E-state index in [1.807, 2.05) is 11.7 Å². The third-order valence-corrected chi connectivity index (χ3v) is 5.14. The highest BCUT2D eigenvalue weighted by Crippen LogP contribution is 2.38. The molecule has 1 N–H and O–H groups in total. The molecular weight excluding hydrogens is 270 g/mol. The molecule has 0 bridgehead atoms. The highest BCUT2D eigenvalue weighted by atomic mass is 35.5. The lowest BCUT2D eigenvalue weighted by Crippen LogP contribution is -2.33. The van der Waals surface area contributed by atoms with Crippen molar-refractivity contribution in [1.29, 1.82) is 0 Å². The number of alkyl halides is 1. The maximum Gasteiger partial charge on any atom is 0.0841 e. The van der Waals surface area contributed by atoms with E-state index < -0.39 is 0 Å². The summed E-state index contributed by atoms with van der Waals surface area (Å²) in [6.07, 6.45) is 5.15. The maximum absolute atomic E-state index is 6.19. The first-order valence-electron chi connectivity index (χ1n) is 7.41. The van der Waals surface area contributed by atoms with Crippen LogP contribution in [0.2, 0.25) is 0 Å². The summed E-state index contributed by atoms with van der Waals surface area (Å²) in [5.74, 6) is 0.767. The van der Waals surface area contributed by atoms with Crippen molar-refractivity contribution in [2.24, 2.45) is 12.5 Å². The Kier molecular flexibility index (Phi) is 3.99. The van der Waals surface area contributed by atoms with Crippen LogP contribution in [-0.2, 0) is 13.6 Å². The van der Waals surface area contributed by atoms with E-state index in [0.717, 1.165) is 24.7 Å². The molecule has 0 atom stereocenters. The molecule has 0 saturated heterocycles. The summed E-state index contributed by atoms with van der Waals surface area (Å²) < 4.78 is 1.96. The van der Waals surface area contributed by atoms with Crippen LogP contribution in [0.1, 0.15) is 31.4 Å². The molecule has 4 heteroatoms. The fraction of sp³-hybridized carbons (Fsp3) is 0.562. The number of aromatic nitrogens is 2. The zero-order chi connectivity index (χ0) is 14.0. The Balaban J connectivity index is 1.68. The van der Waals surface area contributed by atoms with Gasteiger partial charge in [0.25, 0.3) is 0 Å². The van der Waals surface area contributed by atoms with Gasteiger partial charge in [-0.3, -0.25) is 4.68 Å². The second-order valence-electron chi connectivity index (χ2n) is 6.03. The van der Waals surface area contributed by atoms with E-state index in [-0.39, 0.29) is 0 Å². The zero-order valence-electron chi connectivity index (χ0n) is 12.0. The van der Waals surface area contributed by atoms with Gasteiger partial charge in [0.15, 0.2) is 0 Å². The Hall–Kier alpha value is -1.06. The third-order valence-electron chi connectivity index (χ3n) is 4.57. The molecule has 0 spiro atoms. The second kappa shape index (κ2) is 5.74. The van der Waals surface area contributed by atoms with Crippen molar-refractivity contribution < 1.29 is 0 Å². The molecule has 3 rings (SSSR count). The van der Waals surface area contributed by atoms with Gasteiger partial charge in [0.05, 0.1) is 11.2 Å². The molecule has 1 fully saturated rings. The molecule has 0 radical (unpaired) electrons. The van der Waals surface area contributed by atoms with Crippen LogP contribution in [0.5, 0.6) is 0 Å². The normalized spacial score (nSPS) is 17.9. The summed E-state index contributed by atoms with van der Waals surface area (Å²) in [6.45, 7) is 1.82. The van der Waals surface area contributed by atoms with Gasteiger partial charge < -0.3 is 5.32 Å². The number of aryl methyl sites for hydroxylation is 1.